The van der Waals surface area contributed by atoms with Gasteiger partial charge in [0.25, 0.3) is 0 Å². The molecule has 0 fully saturated rings. The Morgan fingerprint density at radius 2 is 1.08 bits per heavy atom. The van der Waals surface area contributed by atoms with E-state index in [-0.39, 0.29) is 16.9 Å². The molecule has 0 saturated heterocycles. The summed E-state index contributed by atoms with van der Waals surface area (Å²) in [4.78, 5) is 21.9. The highest BCUT2D eigenvalue weighted by atomic mass is 19.1. The lowest BCUT2D eigenvalue weighted by molar-refractivity contribution is -0.133. The molecular formula is C28H20F2O6. The molecule has 8 heteroatoms. The highest BCUT2D eigenvalue weighted by Crippen LogP contribution is 2.32. The van der Waals surface area contributed by atoms with Gasteiger partial charge in [0, 0.05) is 29.3 Å². The van der Waals surface area contributed by atoms with E-state index in [9.17, 15) is 18.4 Å². The molecule has 0 spiro atoms. The van der Waals surface area contributed by atoms with Crippen LogP contribution in [0.4, 0.5) is 8.78 Å². The van der Waals surface area contributed by atoms with E-state index >= 15 is 0 Å². The Morgan fingerprint density at radius 3 is 1.61 bits per heavy atom. The van der Waals surface area contributed by atoms with Gasteiger partial charge in [0.1, 0.15) is 48.2 Å². The van der Waals surface area contributed by atoms with Crippen molar-refractivity contribution < 1.29 is 37.3 Å². The Hall–Kier alpha value is -4.98. The third-order valence-corrected chi connectivity index (χ3v) is 4.61. The molecule has 0 aliphatic rings. The number of carbonyl (C=O) groups excluding carboxylic acids is 2. The third-order valence-electron chi connectivity index (χ3n) is 4.61. The highest BCUT2D eigenvalue weighted by molar-refractivity contribution is 5.82. The van der Waals surface area contributed by atoms with Crippen molar-refractivity contribution in [3.05, 3.63) is 123 Å². The first-order chi connectivity index (χ1) is 17.4. The fourth-order valence-corrected chi connectivity index (χ4v) is 2.93. The van der Waals surface area contributed by atoms with Crippen molar-refractivity contribution in [3.63, 3.8) is 0 Å². The van der Waals surface area contributed by atoms with E-state index in [1.165, 1.54) is 30.5 Å². The molecule has 3 aromatic carbocycles. The summed E-state index contributed by atoms with van der Waals surface area (Å²) < 4.78 is 49.3. The van der Waals surface area contributed by atoms with Gasteiger partial charge in [-0.25, -0.2) is 18.4 Å². The number of hydrogen-bond acceptors (Lipinski definition) is 6. The van der Waals surface area contributed by atoms with Crippen molar-refractivity contribution in [2.24, 2.45) is 0 Å². The van der Waals surface area contributed by atoms with Gasteiger partial charge >= 0.3 is 11.9 Å². The van der Waals surface area contributed by atoms with Crippen LogP contribution in [0.15, 0.2) is 111 Å². The minimum Gasteiger partial charge on any atom is -0.462 e. The Labute approximate surface area is 206 Å². The summed E-state index contributed by atoms with van der Waals surface area (Å²) in [7, 11) is 0. The minimum absolute atomic E-state index is 0.0566. The van der Waals surface area contributed by atoms with E-state index in [1.807, 2.05) is 0 Å². The predicted molar refractivity (Wildman–Crippen MR) is 129 cm³/mol. The molecule has 0 unspecified atom stereocenters. The molecule has 0 amide bonds. The predicted octanol–water partition coefficient (Wildman–Crippen LogP) is 6.46. The quantitative estimate of drug-likeness (QED) is 0.185. The molecule has 0 atom stereocenters. The van der Waals surface area contributed by atoms with Crippen LogP contribution in [-0.4, -0.2) is 11.9 Å². The van der Waals surface area contributed by atoms with Crippen LogP contribution < -0.4 is 9.47 Å². The fourth-order valence-electron chi connectivity index (χ4n) is 2.93. The normalized spacial score (nSPS) is 10.7. The third kappa shape index (κ3) is 7.01. The van der Waals surface area contributed by atoms with Gasteiger partial charge in [-0.15, -0.1) is 0 Å². The van der Waals surface area contributed by atoms with Gasteiger partial charge < -0.3 is 18.9 Å². The highest BCUT2D eigenvalue weighted by Gasteiger charge is 2.13. The Morgan fingerprint density at radius 1 is 0.611 bits per heavy atom. The maximum atomic E-state index is 14.9. The molecule has 6 nitrogen and oxygen atoms in total. The number of carbonyl (C=O) groups is 2. The largest absolute Gasteiger partial charge is 0.462 e. The molecule has 182 valence electrons. The number of benzene rings is 3. The zero-order valence-corrected chi connectivity index (χ0v) is 18.9. The molecule has 0 N–H and O–H groups in total. The first-order valence-corrected chi connectivity index (χ1v) is 10.4. The molecule has 0 aromatic heterocycles. The van der Waals surface area contributed by atoms with Crippen LogP contribution in [0.3, 0.4) is 0 Å². The van der Waals surface area contributed by atoms with Crippen LogP contribution in [0.25, 0.3) is 22.3 Å². The van der Waals surface area contributed by atoms with Crippen LogP contribution in [0.5, 0.6) is 11.5 Å². The number of ether oxygens (including phenoxy) is 4. The molecule has 0 aliphatic heterocycles. The summed E-state index contributed by atoms with van der Waals surface area (Å²) in [6.45, 7) is 6.52. The number of rotatable bonds is 10. The van der Waals surface area contributed by atoms with Gasteiger partial charge in [-0.2, -0.15) is 0 Å². The molecule has 0 saturated carbocycles. The van der Waals surface area contributed by atoms with Gasteiger partial charge in [-0.05, 0) is 41.5 Å². The fraction of sp³-hybridized carbons (Fsp3) is 0. The minimum atomic E-state index is -0.691. The van der Waals surface area contributed by atoms with Gasteiger partial charge in [-0.3, -0.25) is 0 Å². The Kier molecular flexibility index (Phi) is 8.88. The average Bonchev–Trinajstić information content (AvgIpc) is 2.89. The van der Waals surface area contributed by atoms with Crippen molar-refractivity contribution >= 4 is 11.9 Å². The summed E-state index contributed by atoms with van der Waals surface area (Å²) in [5.41, 5.74) is 1.43. The summed E-state index contributed by atoms with van der Waals surface area (Å²) >= 11 is 0. The second kappa shape index (κ2) is 12.5. The van der Waals surface area contributed by atoms with E-state index in [0.29, 0.717) is 16.9 Å². The van der Waals surface area contributed by atoms with Crippen molar-refractivity contribution in [1.29, 1.82) is 0 Å². The summed E-state index contributed by atoms with van der Waals surface area (Å²) in [6, 6.07) is 15.2. The lowest BCUT2D eigenvalue weighted by Gasteiger charge is -2.10. The molecule has 0 heterocycles. The first-order valence-electron chi connectivity index (χ1n) is 10.4. The molecule has 36 heavy (non-hydrogen) atoms. The molecule has 3 rings (SSSR count). The van der Waals surface area contributed by atoms with Crippen LogP contribution in [-0.2, 0) is 19.1 Å². The van der Waals surface area contributed by atoms with E-state index in [1.54, 1.807) is 30.3 Å². The monoisotopic (exact) mass is 490 g/mol. The van der Waals surface area contributed by atoms with Crippen LogP contribution in [0, 0.1) is 11.6 Å². The second-order valence-electron chi connectivity index (χ2n) is 6.92. The first kappa shape index (κ1) is 25.6. The lowest BCUT2D eigenvalue weighted by Crippen LogP contribution is -1.94. The summed E-state index contributed by atoms with van der Waals surface area (Å²) in [5.74, 6) is -1.97. The van der Waals surface area contributed by atoms with E-state index in [0.717, 1.165) is 37.0 Å². The van der Waals surface area contributed by atoms with E-state index in [2.05, 4.69) is 22.6 Å². The number of halogens is 2. The van der Waals surface area contributed by atoms with Crippen molar-refractivity contribution in [1.82, 2.24) is 0 Å². The maximum Gasteiger partial charge on any atom is 0.335 e. The molecule has 0 aliphatic carbocycles. The number of hydrogen-bond donors (Lipinski definition) is 0. The Bertz CT molecular complexity index is 1330. The molecule has 3 aromatic rings. The zero-order valence-electron chi connectivity index (χ0n) is 18.9. The smallest absolute Gasteiger partial charge is 0.335 e. The lowest BCUT2D eigenvalue weighted by atomic mass is 9.99. The van der Waals surface area contributed by atoms with Crippen molar-refractivity contribution in [3.8, 4) is 33.8 Å². The second-order valence-corrected chi connectivity index (χ2v) is 6.92. The zero-order chi connectivity index (χ0) is 25.9. The van der Waals surface area contributed by atoms with Crippen LogP contribution in [0.1, 0.15) is 0 Å². The molecule has 0 radical (unpaired) electrons. The van der Waals surface area contributed by atoms with E-state index < -0.39 is 23.6 Å². The Balaban J connectivity index is 1.68. The van der Waals surface area contributed by atoms with Gasteiger partial charge in [0.2, 0.25) is 0 Å². The SMILES string of the molecule is C=CC(=O)OC=COc1ccc(-c2ccc(-c3ccc(OC=COC(=O)C=C)cc3F)c(F)c2)cc1. The van der Waals surface area contributed by atoms with Crippen molar-refractivity contribution in [2.75, 3.05) is 0 Å². The van der Waals surface area contributed by atoms with Crippen LogP contribution in [0.2, 0.25) is 0 Å². The average molecular weight is 490 g/mol. The molecular weight excluding hydrogens is 470 g/mol. The maximum absolute atomic E-state index is 14.9. The standard InChI is InChI=1S/C28H20F2O6/c1-3-27(31)35-15-13-33-21-8-5-19(6-9-21)20-7-11-23(25(29)17-20)24-12-10-22(18-26(24)30)34-14-16-36-28(32)4-2/h3-18H,1-2H2. The van der Waals surface area contributed by atoms with Gasteiger partial charge in [0.05, 0.1) is 0 Å². The molecule has 0 bridgehead atoms. The van der Waals surface area contributed by atoms with Crippen molar-refractivity contribution in [2.45, 2.75) is 0 Å². The van der Waals surface area contributed by atoms with Gasteiger partial charge in [0.15, 0.2) is 0 Å². The summed E-state index contributed by atoms with van der Waals surface area (Å²) in [5, 5.41) is 0. The summed E-state index contributed by atoms with van der Waals surface area (Å²) in [6.07, 6.45) is 6.34. The van der Waals surface area contributed by atoms with Gasteiger partial charge in [-0.1, -0.05) is 37.4 Å². The topological polar surface area (TPSA) is 71.1 Å². The number of esters is 2. The van der Waals surface area contributed by atoms with Crippen LogP contribution >= 0.6 is 0 Å². The van der Waals surface area contributed by atoms with E-state index in [4.69, 9.17) is 9.47 Å².